The maximum Gasteiger partial charge on any atom is 0.242 e. The molecular formula is C18H30N4O2S. The Kier molecular flexibility index (Phi) is 5.96. The van der Waals surface area contributed by atoms with Gasteiger partial charge in [0.15, 0.2) is 0 Å². The van der Waals surface area contributed by atoms with Crippen molar-refractivity contribution in [1.82, 2.24) is 14.6 Å². The van der Waals surface area contributed by atoms with Crippen molar-refractivity contribution in [2.24, 2.45) is 0 Å². The van der Waals surface area contributed by atoms with Crippen molar-refractivity contribution >= 4 is 15.8 Å². The number of sulfonamides is 1. The molecule has 2 saturated heterocycles. The SMILES string of the molecule is CCC(CC)NS(=O)(=O)c1ccc(N2CCN3CCCCC3C2)nc1. The van der Waals surface area contributed by atoms with Gasteiger partial charge in [0.05, 0.1) is 0 Å². The first-order chi connectivity index (χ1) is 12.0. The van der Waals surface area contributed by atoms with E-state index < -0.39 is 10.0 Å². The molecule has 0 radical (unpaired) electrons. The van der Waals surface area contributed by atoms with E-state index in [4.69, 9.17) is 0 Å². The molecule has 1 aromatic heterocycles. The number of nitrogens with zero attached hydrogens (tertiary/aromatic N) is 3. The Hall–Kier alpha value is -1.18. The fourth-order valence-corrected chi connectivity index (χ4v) is 5.17. The van der Waals surface area contributed by atoms with Crippen molar-refractivity contribution in [2.75, 3.05) is 31.1 Å². The molecule has 3 rings (SSSR count). The van der Waals surface area contributed by atoms with E-state index in [1.165, 1.54) is 32.0 Å². The Morgan fingerprint density at radius 3 is 2.68 bits per heavy atom. The predicted molar refractivity (Wildman–Crippen MR) is 100 cm³/mol. The quantitative estimate of drug-likeness (QED) is 0.836. The number of hydrogen-bond acceptors (Lipinski definition) is 5. The largest absolute Gasteiger partial charge is 0.354 e. The molecule has 2 aliphatic rings. The fraction of sp³-hybridized carbons (Fsp3) is 0.722. The van der Waals surface area contributed by atoms with Crippen LogP contribution in [0.3, 0.4) is 0 Å². The van der Waals surface area contributed by atoms with E-state index in [9.17, 15) is 8.42 Å². The van der Waals surface area contributed by atoms with Crippen LogP contribution in [-0.4, -0.2) is 56.6 Å². The van der Waals surface area contributed by atoms with Gasteiger partial charge in [0.2, 0.25) is 10.0 Å². The van der Waals surface area contributed by atoms with Crippen LogP contribution in [0.5, 0.6) is 0 Å². The number of nitrogens with one attached hydrogen (secondary N) is 1. The summed E-state index contributed by atoms with van der Waals surface area (Å²) in [5, 5.41) is 0. The molecule has 0 bridgehead atoms. The molecule has 1 aromatic rings. The van der Waals surface area contributed by atoms with Gasteiger partial charge < -0.3 is 4.90 Å². The summed E-state index contributed by atoms with van der Waals surface area (Å²) < 4.78 is 27.7. The highest BCUT2D eigenvalue weighted by Gasteiger charge is 2.29. The maximum atomic E-state index is 12.5. The summed E-state index contributed by atoms with van der Waals surface area (Å²) in [5.74, 6) is 0.881. The van der Waals surface area contributed by atoms with Gasteiger partial charge >= 0.3 is 0 Å². The number of pyridine rings is 1. The second kappa shape index (κ2) is 8.01. The Morgan fingerprint density at radius 2 is 2.00 bits per heavy atom. The summed E-state index contributed by atoms with van der Waals surface area (Å²) in [6, 6.07) is 4.12. The van der Waals surface area contributed by atoms with Gasteiger partial charge in [0.25, 0.3) is 0 Å². The molecule has 0 aliphatic carbocycles. The first kappa shape index (κ1) is 18.6. The van der Waals surface area contributed by atoms with Crippen LogP contribution >= 0.6 is 0 Å². The van der Waals surface area contributed by atoms with E-state index in [1.807, 2.05) is 19.9 Å². The lowest BCUT2D eigenvalue weighted by Crippen LogP contribution is -2.55. The zero-order chi connectivity index (χ0) is 17.9. The molecule has 140 valence electrons. The molecule has 1 N–H and O–H groups in total. The molecule has 1 atom stereocenters. The molecular weight excluding hydrogens is 336 g/mol. The van der Waals surface area contributed by atoms with E-state index in [-0.39, 0.29) is 10.9 Å². The molecule has 0 spiro atoms. The molecule has 2 fully saturated rings. The highest BCUT2D eigenvalue weighted by atomic mass is 32.2. The van der Waals surface area contributed by atoms with Crippen molar-refractivity contribution in [3.05, 3.63) is 18.3 Å². The molecule has 0 amide bonds. The average molecular weight is 367 g/mol. The summed E-state index contributed by atoms with van der Waals surface area (Å²) in [5.41, 5.74) is 0. The van der Waals surface area contributed by atoms with Crippen molar-refractivity contribution in [2.45, 2.75) is 62.9 Å². The van der Waals surface area contributed by atoms with E-state index in [1.54, 1.807) is 6.07 Å². The van der Waals surface area contributed by atoms with Crippen LogP contribution in [0.1, 0.15) is 46.0 Å². The lowest BCUT2D eigenvalue weighted by molar-refractivity contribution is 0.133. The Labute approximate surface area is 151 Å². The minimum Gasteiger partial charge on any atom is -0.354 e. The molecule has 3 heterocycles. The zero-order valence-electron chi connectivity index (χ0n) is 15.3. The fourth-order valence-electron chi connectivity index (χ4n) is 3.83. The van der Waals surface area contributed by atoms with Crippen molar-refractivity contribution in [3.63, 3.8) is 0 Å². The van der Waals surface area contributed by atoms with Crippen LogP contribution in [0.2, 0.25) is 0 Å². The third kappa shape index (κ3) is 4.33. The Bertz CT molecular complexity index is 658. The number of piperidine rings is 1. The highest BCUT2D eigenvalue weighted by molar-refractivity contribution is 7.89. The predicted octanol–water partition coefficient (Wildman–Crippen LogP) is 2.22. The lowest BCUT2D eigenvalue weighted by atomic mass is 9.99. The smallest absolute Gasteiger partial charge is 0.242 e. The molecule has 2 aliphatic heterocycles. The minimum atomic E-state index is -3.49. The molecule has 25 heavy (non-hydrogen) atoms. The summed E-state index contributed by atoms with van der Waals surface area (Å²) >= 11 is 0. The first-order valence-corrected chi connectivity index (χ1v) is 11.0. The summed E-state index contributed by atoms with van der Waals surface area (Å²) in [4.78, 5) is 9.57. The van der Waals surface area contributed by atoms with Gasteiger partial charge in [-0.3, -0.25) is 4.90 Å². The van der Waals surface area contributed by atoms with Gasteiger partial charge in [-0.05, 0) is 44.4 Å². The van der Waals surface area contributed by atoms with Crippen molar-refractivity contribution in [3.8, 4) is 0 Å². The van der Waals surface area contributed by atoms with E-state index in [0.29, 0.717) is 6.04 Å². The number of aromatic nitrogens is 1. The molecule has 0 saturated carbocycles. The Balaban J connectivity index is 1.68. The van der Waals surface area contributed by atoms with Crippen LogP contribution in [-0.2, 0) is 10.0 Å². The number of fused-ring (bicyclic) bond motifs is 1. The van der Waals surface area contributed by atoms with Gasteiger partial charge in [0.1, 0.15) is 10.7 Å². The zero-order valence-corrected chi connectivity index (χ0v) is 16.1. The molecule has 0 aromatic carbocycles. The third-order valence-corrected chi connectivity index (χ3v) is 7.01. The Morgan fingerprint density at radius 1 is 1.20 bits per heavy atom. The van der Waals surface area contributed by atoms with Crippen LogP contribution in [0.25, 0.3) is 0 Å². The van der Waals surface area contributed by atoms with Crippen molar-refractivity contribution < 1.29 is 8.42 Å². The minimum absolute atomic E-state index is 0.0240. The maximum absolute atomic E-state index is 12.5. The monoisotopic (exact) mass is 366 g/mol. The second-order valence-electron chi connectivity index (χ2n) is 7.12. The van der Waals surface area contributed by atoms with E-state index >= 15 is 0 Å². The van der Waals surface area contributed by atoms with Gasteiger partial charge in [-0.15, -0.1) is 0 Å². The standard InChI is InChI=1S/C18H30N4O2S/c1-3-15(4-2)20-25(23,24)17-8-9-18(19-13-17)22-12-11-21-10-6-5-7-16(21)14-22/h8-9,13,15-16,20H,3-7,10-12,14H2,1-2H3. The number of piperazine rings is 1. The van der Waals surface area contributed by atoms with Crippen LogP contribution in [0, 0.1) is 0 Å². The van der Waals surface area contributed by atoms with Gasteiger partial charge in [-0.2, -0.15) is 0 Å². The van der Waals surface area contributed by atoms with Crippen LogP contribution in [0.4, 0.5) is 5.82 Å². The van der Waals surface area contributed by atoms with E-state index in [2.05, 4.69) is 19.5 Å². The number of hydrogen-bond donors (Lipinski definition) is 1. The second-order valence-corrected chi connectivity index (χ2v) is 8.83. The average Bonchev–Trinajstić information content (AvgIpc) is 2.66. The van der Waals surface area contributed by atoms with Crippen LogP contribution in [0.15, 0.2) is 23.2 Å². The molecule has 6 nitrogen and oxygen atoms in total. The number of anilines is 1. The van der Waals surface area contributed by atoms with Crippen LogP contribution < -0.4 is 9.62 Å². The van der Waals surface area contributed by atoms with Gasteiger partial charge in [0, 0.05) is 37.9 Å². The summed E-state index contributed by atoms with van der Waals surface area (Å²) in [6.07, 6.45) is 6.93. The topological polar surface area (TPSA) is 65.5 Å². The highest BCUT2D eigenvalue weighted by Crippen LogP contribution is 2.24. The molecule has 1 unspecified atom stereocenters. The summed E-state index contributed by atoms with van der Waals surface area (Å²) in [6.45, 7) is 8.21. The molecule has 7 heteroatoms. The van der Waals surface area contributed by atoms with E-state index in [0.717, 1.165) is 38.3 Å². The van der Waals surface area contributed by atoms with Crippen molar-refractivity contribution in [1.29, 1.82) is 0 Å². The third-order valence-electron chi connectivity index (χ3n) is 5.50. The summed E-state index contributed by atoms with van der Waals surface area (Å²) in [7, 11) is -3.49. The lowest BCUT2D eigenvalue weighted by Gasteiger charge is -2.44. The van der Waals surface area contributed by atoms with Gasteiger partial charge in [-0.25, -0.2) is 18.1 Å². The first-order valence-electron chi connectivity index (χ1n) is 9.51. The normalized spacial score (nSPS) is 22.2. The number of rotatable bonds is 6. The van der Waals surface area contributed by atoms with Gasteiger partial charge in [-0.1, -0.05) is 20.3 Å².